The van der Waals surface area contributed by atoms with Gasteiger partial charge in [-0.2, -0.15) is 0 Å². The lowest BCUT2D eigenvalue weighted by molar-refractivity contribution is -0.139. The zero-order valence-electron chi connectivity index (χ0n) is 8.23. The van der Waals surface area contributed by atoms with Crippen molar-refractivity contribution in [1.82, 2.24) is 0 Å². The predicted octanol–water partition coefficient (Wildman–Crippen LogP) is 2.47. The third kappa shape index (κ3) is 7.04. The van der Waals surface area contributed by atoms with Crippen LogP contribution in [0.15, 0.2) is 30.3 Å². The molecule has 1 unspecified atom stereocenters. The molecule has 0 aliphatic rings. The number of hydrogen-bond acceptors (Lipinski definition) is 2. The molecule has 0 radical (unpaired) electrons. The number of nitrogens with two attached hydrogens (primary N) is 1. The molecular weight excluding hydrogens is 265 g/mol. The van der Waals surface area contributed by atoms with Crippen LogP contribution in [0.4, 0.5) is 4.39 Å². The van der Waals surface area contributed by atoms with Crippen LogP contribution < -0.4 is 5.73 Å². The van der Waals surface area contributed by atoms with Crippen LogP contribution in [0, 0.1) is 0 Å². The summed E-state index contributed by atoms with van der Waals surface area (Å²) in [5.41, 5.74) is 6.81. The van der Waals surface area contributed by atoms with Crippen LogP contribution in [0.1, 0.15) is 18.5 Å². The van der Waals surface area contributed by atoms with Crippen molar-refractivity contribution in [3.8, 4) is 0 Å². The van der Waals surface area contributed by atoms with Crippen molar-refractivity contribution in [1.29, 1.82) is 0 Å². The Kier molecular flexibility index (Phi) is 6.90. The van der Waals surface area contributed by atoms with Crippen molar-refractivity contribution in [2.24, 2.45) is 5.73 Å². The van der Waals surface area contributed by atoms with E-state index in [9.17, 15) is 9.18 Å². The summed E-state index contributed by atoms with van der Waals surface area (Å²) in [7, 11) is 0. The summed E-state index contributed by atoms with van der Waals surface area (Å²) in [6.07, 6.45) is 0. The summed E-state index contributed by atoms with van der Waals surface area (Å²) < 4.78 is 11.1. The fraction of sp³-hybridized carbons (Fsp3) is 0.300. The van der Waals surface area contributed by atoms with E-state index in [-0.39, 0.29) is 6.04 Å². The molecule has 0 amide bonds. The fourth-order valence-electron chi connectivity index (χ4n) is 0.757. The Morgan fingerprint density at radius 2 is 1.87 bits per heavy atom. The molecule has 1 aromatic rings. The molecule has 0 heterocycles. The van der Waals surface area contributed by atoms with Crippen LogP contribution in [0.3, 0.4) is 0 Å². The molecule has 0 saturated carbocycles. The Bertz CT molecular complexity index is 291. The van der Waals surface area contributed by atoms with E-state index in [0.717, 1.165) is 0 Å². The summed E-state index contributed by atoms with van der Waals surface area (Å²) in [6, 6.07) is 10.2. The van der Waals surface area contributed by atoms with Crippen LogP contribution >= 0.6 is 15.9 Å². The highest BCUT2D eigenvalue weighted by molar-refractivity contribution is 9.09. The summed E-state index contributed by atoms with van der Waals surface area (Å²) >= 11 is 2.17. The minimum absolute atomic E-state index is 0.159. The predicted molar refractivity (Wildman–Crippen MR) is 60.5 cm³/mol. The fourth-order valence-corrected chi connectivity index (χ4v) is 0.757. The monoisotopic (exact) mass is 277 g/mol. The van der Waals surface area contributed by atoms with Crippen LogP contribution in [-0.2, 0) is 4.79 Å². The van der Waals surface area contributed by atoms with Gasteiger partial charge in [0.25, 0.3) is 5.08 Å². The van der Waals surface area contributed by atoms with E-state index >= 15 is 0 Å². The minimum atomic E-state index is -1.92. The van der Waals surface area contributed by atoms with E-state index in [1.165, 1.54) is 5.56 Å². The second-order valence-electron chi connectivity index (χ2n) is 2.84. The molecule has 84 valence electrons. The van der Waals surface area contributed by atoms with Crippen molar-refractivity contribution in [3.05, 3.63) is 35.9 Å². The van der Waals surface area contributed by atoms with E-state index in [2.05, 4.69) is 15.9 Å². The van der Waals surface area contributed by atoms with Gasteiger partial charge in [-0.05, 0) is 28.4 Å². The lowest BCUT2D eigenvalue weighted by atomic mass is 10.1. The maximum absolute atomic E-state index is 11.1. The van der Waals surface area contributed by atoms with Gasteiger partial charge in [-0.25, -0.2) is 9.18 Å². The topological polar surface area (TPSA) is 63.3 Å². The van der Waals surface area contributed by atoms with Gasteiger partial charge in [-0.15, -0.1) is 0 Å². The van der Waals surface area contributed by atoms with Crippen molar-refractivity contribution in [2.75, 3.05) is 0 Å². The summed E-state index contributed by atoms with van der Waals surface area (Å²) in [5.74, 6) is -1.49. The summed E-state index contributed by atoms with van der Waals surface area (Å²) in [5, 5.41) is 5.65. The van der Waals surface area contributed by atoms with Gasteiger partial charge in [0, 0.05) is 6.04 Å². The molecular formula is C10H13BrFNO2. The van der Waals surface area contributed by atoms with Gasteiger partial charge in [0.15, 0.2) is 0 Å². The Morgan fingerprint density at radius 3 is 2.07 bits per heavy atom. The van der Waals surface area contributed by atoms with Gasteiger partial charge < -0.3 is 10.8 Å². The summed E-state index contributed by atoms with van der Waals surface area (Å²) in [4.78, 5) is 9.28. The normalized spacial score (nSPS) is 13.3. The molecule has 0 aliphatic heterocycles. The van der Waals surface area contributed by atoms with Gasteiger partial charge in [-0.3, -0.25) is 0 Å². The number of hydrogen-bond donors (Lipinski definition) is 2. The molecule has 15 heavy (non-hydrogen) atoms. The van der Waals surface area contributed by atoms with Gasteiger partial charge in [-0.1, -0.05) is 30.3 Å². The first-order chi connectivity index (χ1) is 6.95. The maximum atomic E-state index is 11.1. The number of benzene rings is 1. The first kappa shape index (κ1) is 14.1. The van der Waals surface area contributed by atoms with Gasteiger partial charge in [0.1, 0.15) is 0 Å². The van der Waals surface area contributed by atoms with Crippen molar-refractivity contribution < 1.29 is 14.3 Å². The molecule has 3 nitrogen and oxygen atoms in total. The molecule has 0 spiro atoms. The highest BCUT2D eigenvalue weighted by Gasteiger charge is 2.07. The number of carbonyl (C=O) groups is 1. The third-order valence-electron chi connectivity index (χ3n) is 1.51. The van der Waals surface area contributed by atoms with Crippen LogP contribution in [0.5, 0.6) is 0 Å². The Morgan fingerprint density at radius 1 is 1.47 bits per heavy atom. The van der Waals surface area contributed by atoms with Gasteiger partial charge in [0.2, 0.25) is 0 Å². The zero-order valence-corrected chi connectivity index (χ0v) is 9.82. The average Bonchev–Trinajstić information content (AvgIpc) is 2.20. The molecule has 0 aromatic heterocycles. The third-order valence-corrected chi connectivity index (χ3v) is 1.90. The standard InChI is InChI=1S/C8H11N.C2H2BrFO2/c1-7(9)8-5-3-2-4-6-8;3-1(4)2(5)6/h2-7H,9H2,1H3;1H,(H,5,6)/t7-;/m0./s1. The van der Waals surface area contributed by atoms with Crippen LogP contribution in [0.25, 0.3) is 0 Å². The Balaban J connectivity index is 0.000000288. The molecule has 3 N–H and O–H groups in total. The lowest BCUT2D eigenvalue weighted by Gasteiger charge is -2.02. The van der Waals surface area contributed by atoms with Gasteiger partial charge >= 0.3 is 5.97 Å². The van der Waals surface area contributed by atoms with E-state index < -0.39 is 11.1 Å². The van der Waals surface area contributed by atoms with Crippen LogP contribution in [0.2, 0.25) is 0 Å². The first-order valence-electron chi connectivity index (χ1n) is 4.26. The smallest absolute Gasteiger partial charge is 0.349 e. The second kappa shape index (κ2) is 7.36. The molecule has 0 fully saturated rings. The number of carboxylic acids is 1. The number of aliphatic carboxylic acids is 1. The average molecular weight is 278 g/mol. The highest BCUT2D eigenvalue weighted by Crippen LogP contribution is 2.06. The quantitative estimate of drug-likeness (QED) is 0.817. The second-order valence-corrected chi connectivity index (χ2v) is 3.64. The van der Waals surface area contributed by atoms with Crippen molar-refractivity contribution >= 4 is 21.9 Å². The van der Waals surface area contributed by atoms with Crippen molar-refractivity contribution in [3.63, 3.8) is 0 Å². The van der Waals surface area contributed by atoms with E-state index in [0.29, 0.717) is 0 Å². The number of alkyl halides is 2. The zero-order chi connectivity index (χ0) is 11.8. The van der Waals surface area contributed by atoms with E-state index in [1.54, 1.807) is 0 Å². The molecule has 5 heteroatoms. The molecule has 0 bridgehead atoms. The van der Waals surface area contributed by atoms with E-state index in [4.69, 9.17) is 10.8 Å². The molecule has 0 aliphatic carbocycles. The lowest BCUT2D eigenvalue weighted by Crippen LogP contribution is -2.04. The Labute approximate surface area is 96.2 Å². The largest absolute Gasteiger partial charge is 0.478 e. The highest BCUT2D eigenvalue weighted by atomic mass is 79.9. The Hall–Kier alpha value is -0.940. The molecule has 1 aromatic carbocycles. The van der Waals surface area contributed by atoms with Crippen molar-refractivity contribution in [2.45, 2.75) is 18.0 Å². The summed E-state index contributed by atoms with van der Waals surface area (Å²) in [6.45, 7) is 1.98. The molecule has 0 saturated heterocycles. The number of carboxylic acid groups (broad SMARTS) is 1. The first-order valence-corrected chi connectivity index (χ1v) is 5.18. The maximum Gasteiger partial charge on any atom is 0.349 e. The number of halogens is 2. The van der Waals surface area contributed by atoms with Gasteiger partial charge in [0.05, 0.1) is 0 Å². The molecule has 2 atom stereocenters. The molecule has 1 rings (SSSR count). The number of rotatable bonds is 2. The van der Waals surface area contributed by atoms with Crippen LogP contribution in [-0.4, -0.2) is 16.2 Å². The minimum Gasteiger partial charge on any atom is -0.478 e. The SMILES string of the molecule is C[C@H](N)c1ccccc1.O=C(O)C(F)Br. The van der Waals surface area contributed by atoms with E-state index in [1.807, 2.05) is 37.3 Å².